The Morgan fingerprint density at radius 2 is 1.11 bits per heavy atom. The van der Waals surface area contributed by atoms with Crippen LogP contribution in [0, 0.1) is 0 Å². The molecule has 2 aromatic rings. The van der Waals surface area contributed by atoms with Crippen LogP contribution in [0.5, 0.6) is 0 Å². The molecule has 0 bridgehead atoms. The molecule has 4 heteroatoms. The fraction of sp³-hybridized carbons (Fsp3) is 0.133. The van der Waals surface area contributed by atoms with Crippen molar-refractivity contribution in [1.82, 2.24) is 0 Å². The zero-order valence-electron chi connectivity index (χ0n) is 10.6. The molecule has 0 aliphatic carbocycles. The van der Waals surface area contributed by atoms with Crippen LogP contribution in [0.15, 0.2) is 60.7 Å². The number of carboxylic acid groups (broad SMARTS) is 1. The second kappa shape index (κ2) is 11.6. The smallest absolute Gasteiger partial charge is 0.300 e. The molecule has 0 saturated carbocycles. The summed E-state index contributed by atoms with van der Waals surface area (Å²) in [6, 6.07) is 20.8. The molecule has 0 aliphatic rings. The number of rotatable bonds is 1. The average molecular weight is 299 g/mol. The van der Waals surface area contributed by atoms with Gasteiger partial charge in [0.05, 0.1) is 5.34 Å². The molecular formula is C15H16Cl2O2. The Hall–Kier alpha value is -1.51. The van der Waals surface area contributed by atoms with Crippen LogP contribution in [-0.4, -0.2) is 16.4 Å². The quantitative estimate of drug-likeness (QED) is 0.763. The Morgan fingerprint density at radius 1 is 0.895 bits per heavy atom. The van der Waals surface area contributed by atoms with Crippen LogP contribution in [-0.2, 0) is 4.79 Å². The molecule has 2 nitrogen and oxygen atoms in total. The van der Waals surface area contributed by atoms with Gasteiger partial charge < -0.3 is 5.11 Å². The Balaban J connectivity index is 0.000000393. The van der Waals surface area contributed by atoms with Crippen molar-refractivity contribution in [3.05, 3.63) is 60.7 Å². The SMILES string of the molecule is CC(=O)O.ClCCl.c1ccc(-c2ccccc2)cc1. The Labute approximate surface area is 123 Å². The average Bonchev–Trinajstić information content (AvgIpc) is 2.41. The van der Waals surface area contributed by atoms with Gasteiger partial charge >= 0.3 is 0 Å². The van der Waals surface area contributed by atoms with E-state index in [0.29, 0.717) is 0 Å². The van der Waals surface area contributed by atoms with E-state index in [1.54, 1.807) is 0 Å². The number of alkyl halides is 2. The van der Waals surface area contributed by atoms with Crippen molar-refractivity contribution in [1.29, 1.82) is 0 Å². The molecule has 0 heterocycles. The first kappa shape index (κ1) is 17.5. The van der Waals surface area contributed by atoms with E-state index in [1.807, 2.05) is 12.1 Å². The predicted molar refractivity (Wildman–Crippen MR) is 81.8 cm³/mol. The molecule has 0 spiro atoms. The number of aliphatic carboxylic acids is 1. The zero-order chi connectivity index (χ0) is 14.5. The summed E-state index contributed by atoms with van der Waals surface area (Å²) in [5, 5.41) is 7.61. The Morgan fingerprint density at radius 3 is 1.32 bits per heavy atom. The molecule has 0 radical (unpaired) electrons. The number of carbonyl (C=O) groups is 1. The van der Waals surface area contributed by atoms with E-state index >= 15 is 0 Å². The predicted octanol–water partition coefficient (Wildman–Crippen LogP) is 4.87. The fourth-order valence-corrected chi connectivity index (χ4v) is 1.26. The highest BCUT2D eigenvalue weighted by Gasteiger charge is 1.91. The largest absolute Gasteiger partial charge is 0.481 e. The molecule has 102 valence electrons. The summed E-state index contributed by atoms with van der Waals surface area (Å²) in [6.45, 7) is 1.08. The molecule has 2 rings (SSSR count). The molecule has 0 fully saturated rings. The minimum Gasteiger partial charge on any atom is -0.481 e. The lowest BCUT2D eigenvalue weighted by Crippen LogP contribution is -1.78. The molecule has 0 aliphatic heterocycles. The molecule has 19 heavy (non-hydrogen) atoms. The van der Waals surface area contributed by atoms with Crippen LogP contribution in [0.25, 0.3) is 11.1 Å². The molecule has 1 N–H and O–H groups in total. The number of hydrogen-bond acceptors (Lipinski definition) is 1. The first-order valence-corrected chi connectivity index (χ1v) is 6.60. The number of benzene rings is 2. The maximum Gasteiger partial charge on any atom is 0.300 e. The summed E-state index contributed by atoms with van der Waals surface area (Å²) in [4.78, 5) is 9.00. The second-order valence-electron chi connectivity index (χ2n) is 3.35. The van der Waals surface area contributed by atoms with Crippen molar-refractivity contribution >= 4 is 29.2 Å². The summed E-state index contributed by atoms with van der Waals surface area (Å²) < 4.78 is 0. The lowest BCUT2D eigenvalue weighted by molar-refractivity contribution is -0.134. The first-order valence-electron chi connectivity index (χ1n) is 5.53. The minimum atomic E-state index is -0.833. The maximum atomic E-state index is 9.00. The van der Waals surface area contributed by atoms with Crippen LogP contribution < -0.4 is 0 Å². The van der Waals surface area contributed by atoms with Crippen LogP contribution in [0.2, 0.25) is 0 Å². The topological polar surface area (TPSA) is 37.3 Å². The van der Waals surface area contributed by atoms with Crippen LogP contribution in [0.3, 0.4) is 0 Å². The number of carboxylic acids is 1. The minimum absolute atomic E-state index is 0.194. The van der Waals surface area contributed by atoms with Gasteiger partial charge in [-0.2, -0.15) is 0 Å². The van der Waals surface area contributed by atoms with E-state index in [4.69, 9.17) is 33.1 Å². The van der Waals surface area contributed by atoms with Gasteiger partial charge in [-0.05, 0) is 11.1 Å². The summed E-state index contributed by atoms with van der Waals surface area (Å²) in [6.07, 6.45) is 0. The van der Waals surface area contributed by atoms with Crippen LogP contribution in [0.1, 0.15) is 6.92 Å². The Bertz CT molecular complexity index is 403. The van der Waals surface area contributed by atoms with Gasteiger partial charge in [-0.1, -0.05) is 60.7 Å². The van der Waals surface area contributed by atoms with Crippen molar-refractivity contribution in [3.63, 3.8) is 0 Å². The van der Waals surface area contributed by atoms with Gasteiger partial charge in [-0.25, -0.2) is 0 Å². The maximum absolute atomic E-state index is 9.00. The van der Waals surface area contributed by atoms with E-state index in [1.165, 1.54) is 11.1 Å². The van der Waals surface area contributed by atoms with Crippen molar-refractivity contribution in [2.45, 2.75) is 6.92 Å². The third kappa shape index (κ3) is 10.1. The second-order valence-corrected chi connectivity index (χ2v) is 4.16. The van der Waals surface area contributed by atoms with E-state index < -0.39 is 5.97 Å². The third-order valence-electron chi connectivity index (χ3n) is 1.88. The lowest BCUT2D eigenvalue weighted by atomic mass is 10.1. The van der Waals surface area contributed by atoms with Gasteiger partial charge in [-0.15, -0.1) is 23.2 Å². The highest BCUT2D eigenvalue weighted by atomic mass is 35.5. The summed E-state index contributed by atoms with van der Waals surface area (Å²) in [5.41, 5.74) is 2.55. The van der Waals surface area contributed by atoms with E-state index in [-0.39, 0.29) is 5.34 Å². The molecule has 0 unspecified atom stereocenters. The summed E-state index contributed by atoms with van der Waals surface area (Å²) in [5.74, 6) is -0.833. The molecule has 2 aromatic carbocycles. The van der Waals surface area contributed by atoms with Crippen molar-refractivity contribution in [2.75, 3.05) is 5.34 Å². The number of halogens is 2. The van der Waals surface area contributed by atoms with Crippen LogP contribution in [0.4, 0.5) is 0 Å². The van der Waals surface area contributed by atoms with E-state index in [0.717, 1.165) is 6.92 Å². The standard InChI is InChI=1S/C12H10.C2H4O2.CH2Cl2/c1-3-7-11(8-4-1)12-9-5-2-6-10-12;1-2(3)4;2-1-3/h1-10H;1H3,(H,3,4);1H2. The van der Waals surface area contributed by atoms with Gasteiger partial charge in [0.2, 0.25) is 0 Å². The highest BCUT2D eigenvalue weighted by Crippen LogP contribution is 2.17. The highest BCUT2D eigenvalue weighted by molar-refractivity contribution is 6.40. The third-order valence-corrected chi connectivity index (χ3v) is 1.88. The van der Waals surface area contributed by atoms with E-state index in [9.17, 15) is 0 Å². The van der Waals surface area contributed by atoms with Gasteiger partial charge in [0, 0.05) is 6.92 Å². The summed E-state index contributed by atoms with van der Waals surface area (Å²) >= 11 is 9.53. The molecule has 0 amide bonds. The van der Waals surface area contributed by atoms with Gasteiger partial charge in [0.15, 0.2) is 0 Å². The van der Waals surface area contributed by atoms with Gasteiger partial charge in [-0.3, -0.25) is 4.79 Å². The van der Waals surface area contributed by atoms with Crippen molar-refractivity contribution in [2.24, 2.45) is 0 Å². The zero-order valence-corrected chi connectivity index (χ0v) is 12.1. The fourth-order valence-electron chi connectivity index (χ4n) is 1.26. The van der Waals surface area contributed by atoms with Crippen molar-refractivity contribution < 1.29 is 9.90 Å². The molecule has 0 atom stereocenters. The van der Waals surface area contributed by atoms with Crippen molar-refractivity contribution in [3.8, 4) is 11.1 Å². The normalized spacial score (nSPS) is 8.37. The molecule has 0 aromatic heterocycles. The summed E-state index contributed by atoms with van der Waals surface area (Å²) in [7, 11) is 0. The van der Waals surface area contributed by atoms with Crippen LogP contribution >= 0.6 is 23.2 Å². The lowest BCUT2D eigenvalue weighted by Gasteiger charge is -1.98. The monoisotopic (exact) mass is 298 g/mol. The molecule has 0 saturated heterocycles. The van der Waals surface area contributed by atoms with Gasteiger partial charge in [0.1, 0.15) is 0 Å². The number of hydrogen-bond donors (Lipinski definition) is 1. The Kier molecular flexibility index (Phi) is 10.7. The first-order chi connectivity index (χ1) is 9.11. The van der Waals surface area contributed by atoms with E-state index in [2.05, 4.69) is 48.5 Å². The molecular weight excluding hydrogens is 283 g/mol. The van der Waals surface area contributed by atoms with Gasteiger partial charge in [0.25, 0.3) is 5.97 Å².